The number of hydrogen-bond donors (Lipinski definition) is 2. The van der Waals surface area contributed by atoms with E-state index in [9.17, 15) is 4.79 Å². The summed E-state index contributed by atoms with van der Waals surface area (Å²) in [4.78, 5) is 13.8. The Morgan fingerprint density at radius 1 is 1.58 bits per heavy atom. The van der Waals surface area contributed by atoms with E-state index in [1.807, 2.05) is 13.8 Å². The summed E-state index contributed by atoms with van der Waals surface area (Å²) in [5.41, 5.74) is 4.89. The summed E-state index contributed by atoms with van der Waals surface area (Å²) >= 11 is 0. The summed E-state index contributed by atoms with van der Waals surface area (Å²) in [6, 6.07) is 0. The Labute approximate surface area is 116 Å². The quantitative estimate of drug-likeness (QED) is 0.649. The maximum absolute atomic E-state index is 11.5. The fourth-order valence-electron chi connectivity index (χ4n) is 2.62. The van der Waals surface area contributed by atoms with E-state index in [4.69, 9.17) is 10.5 Å². The molecule has 0 bridgehead atoms. The van der Waals surface area contributed by atoms with Gasteiger partial charge in [0.15, 0.2) is 0 Å². The van der Waals surface area contributed by atoms with Crippen LogP contribution in [0.1, 0.15) is 39.5 Å². The van der Waals surface area contributed by atoms with E-state index in [0.717, 1.165) is 39.1 Å². The molecule has 0 aromatic heterocycles. The topological polar surface area (TPSA) is 67.6 Å². The number of nitrogens with zero attached hydrogens (tertiary/aromatic N) is 1. The first kappa shape index (κ1) is 16.4. The number of carbonyl (C=O) groups is 1. The number of carbonyl (C=O) groups excluding carboxylic acids is 1. The summed E-state index contributed by atoms with van der Waals surface area (Å²) in [6.45, 7) is 7.48. The van der Waals surface area contributed by atoms with Gasteiger partial charge in [0.05, 0.1) is 11.6 Å². The highest BCUT2D eigenvalue weighted by Crippen LogP contribution is 2.15. The van der Waals surface area contributed by atoms with Crippen molar-refractivity contribution in [2.45, 2.75) is 51.2 Å². The summed E-state index contributed by atoms with van der Waals surface area (Å²) in [5.74, 6) is -0.267. The highest BCUT2D eigenvalue weighted by Gasteiger charge is 2.29. The molecule has 0 radical (unpaired) electrons. The summed E-state index contributed by atoms with van der Waals surface area (Å²) in [7, 11) is 2.11. The third-order valence-corrected chi connectivity index (χ3v) is 3.87. The Balaban J connectivity index is 2.25. The fourth-order valence-corrected chi connectivity index (χ4v) is 2.62. The lowest BCUT2D eigenvalue weighted by Gasteiger charge is -2.28. The van der Waals surface area contributed by atoms with Gasteiger partial charge in [-0.15, -0.1) is 0 Å². The minimum absolute atomic E-state index is 0.267. The van der Waals surface area contributed by atoms with E-state index in [2.05, 4.69) is 17.3 Å². The molecule has 0 spiro atoms. The van der Waals surface area contributed by atoms with Crippen LogP contribution in [0.15, 0.2) is 0 Å². The average molecular weight is 271 g/mol. The summed E-state index contributed by atoms with van der Waals surface area (Å²) in [5, 5.41) is 3.19. The molecule has 0 saturated carbocycles. The third kappa shape index (κ3) is 5.47. The molecule has 3 N–H and O–H groups in total. The number of likely N-dealkylation sites (N-methyl/N-ethyl adjacent to an activating group) is 2. The molecule has 112 valence electrons. The second-order valence-electron chi connectivity index (χ2n) is 5.73. The van der Waals surface area contributed by atoms with Gasteiger partial charge in [-0.3, -0.25) is 4.79 Å². The number of nitrogens with one attached hydrogen (secondary N) is 1. The maximum Gasteiger partial charge on any atom is 0.237 e. The van der Waals surface area contributed by atoms with Gasteiger partial charge in [0.25, 0.3) is 0 Å². The van der Waals surface area contributed by atoms with Gasteiger partial charge in [0.2, 0.25) is 5.91 Å². The molecule has 0 aliphatic carbocycles. The zero-order chi connectivity index (χ0) is 14.3. The van der Waals surface area contributed by atoms with Crippen LogP contribution in [0, 0.1) is 0 Å². The van der Waals surface area contributed by atoms with Crippen molar-refractivity contribution in [2.75, 3.05) is 33.3 Å². The standard InChI is InChI=1S/C14H29N3O2/c1-4-16-14(2,13(15)18)8-6-9-17(3)11-12-7-5-10-19-12/h12,16H,4-11H2,1-3H3,(H2,15,18). The van der Waals surface area contributed by atoms with E-state index >= 15 is 0 Å². The van der Waals surface area contributed by atoms with Crippen LogP contribution in [0.4, 0.5) is 0 Å². The number of ether oxygens (including phenoxy) is 1. The van der Waals surface area contributed by atoms with Crippen molar-refractivity contribution >= 4 is 5.91 Å². The van der Waals surface area contributed by atoms with Gasteiger partial charge in [-0.05, 0) is 52.7 Å². The monoisotopic (exact) mass is 271 g/mol. The minimum atomic E-state index is -0.584. The van der Waals surface area contributed by atoms with E-state index in [1.165, 1.54) is 12.8 Å². The van der Waals surface area contributed by atoms with Crippen molar-refractivity contribution in [2.24, 2.45) is 5.73 Å². The molecule has 1 heterocycles. The highest BCUT2D eigenvalue weighted by molar-refractivity contribution is 5.84. The molecule has 1 aliphatic heterocycles. The predicted octanol–water partition coefficient (Wildman–Crippen LogP) is 0.731. The van der Waals surface area contributed by atoms with E-state index in [0.29, 0.717) is 6.10 Å². The van der Waals surface area contributed by atoms with Crippen molar-refractivity contribution < 1.29 is 9.53 Å². The van der Waals surface area contributed by atoms with Crippen LogP contribution in [0.5, 0.6) is 0 Å². The lowest BCUT2D eigenvalue weighted by Crippen LogP contribution is -2.53. The molecule has 1 fully saturated rings. The first-order valence-corrected chi connectivity index (χ1v) is 7.33. The van der Waals surface area contributed by atoms with E-state index < -0.39 is 5.54 Å². The first-order chi connectivity index (χ1) is 8.98. The van der Waals surface area contributed by atoms with Crippen LogP contribution < -0.4 is 11.1 Å². The molecule has 1 rings (SSSR count). The zero-order valence-electron chi connectivity index (χ0n) is 12.6. The van der Waals surface area contributed by atoms with Crippen molar-refractivity contribution in [3.63, 3.8) is 0 Å². The highest BCUT2D eigenvalue weighted by atomic mass is 16.5. The molecule has 1 aliphatic rings. The average Bonchev–Trinajstić information content (AvgIpc) is 2.81. The van der Waals surface area contributed by atoms with Crippen molar-refractivity contribution in [1.29, 1.82) is 0 Å². The van der Waals surface area contributed by atoms with Gasteiger partial charge < -0.3 is 20.7 Å². The largest absolute Gasteiger partial charge is 0.377 e. The molecule has 1 saturated heterocycles. The molecule has 2 unspecified atom stereocenters. The van der Waals surface area contributed by atoms with Crippen LogP contribution in [0.2, 0.25) is 0 Å². The van der Waals surface area contributed by atoms with E-state index in [1.54, 1.807) is 0 Å². The molecule has 2 atom stereocenters. The Bertz CT molecular complexity index is 280. The minimum Gasteiger partial charge on any atom is -0.377 e. The molecule has 19 heavy (non-hydrogen) atoms. The fraction of sp³-hybridized carbons (Fsp3) is 0.929. The lowest BCUT2D eigenvalue weighted by atomic mass is 9.94. The van der Waals surface area contributed by atoms with Gasteiger partial charge in [-0.2, -0.15) is 0 Å². The zero-order valence-corrected chi connectivity index (χ0v) is 12.6. The van der Waals surface area contributed by atoms with Crippen LogP contribution in [0.3, 0.4) is 0 Å². The Morgan fingerprint density at radius 2 is 2.32 bits per heavy atom. The second-order valence-corrected chi connectivity index (χ2v) is 5.73. The van der Waals surface area contributed by atoms with Gasteiger partial charge in [-0.25, -0.2) is 0 Å². The third-order valence-electron chi connectivity index (χ3n) is 3.87. The number of amides is 1. The van der Waals surface area contributed by atoms with Crippen LogP contribution in [0.25, 0.3) is 0 Å². The van der Waals surface area contributed by atoms with Gasteiger partial charge in [0, 0.05) is 13.2 Å². The normalized spacial score (nSPS) is 22.6. The Hall–Kier alpha value is -0.650. The van der Waals surface area contributed by atoms with Gasteiger partial charge >= 0.3 is 0 Å². The van der Waals surface area contributed by atoms with Crippen molar-refractivity contribution in [3.05, 3.63) is 0 Å². The molecule has 0 aromatic carbocycles. The van der Waals surface area contributed by atoms with E-state index in [-0.39, 0.29) is 5.91 Å². The van der Waals surface area contributed by atoms with Gasteiger partial charge in [0.1, 0.15) is 0 Å². The van der Waals surface area contributed by atoms with Crippen molar-refractivity contribution in [3.8, 4) is 0 Å². The molecule has 5 nitrogen and oxygen atoms in total. The Morgan fingerprint density at radius 3 is 2.84 bits per heavy atom. The molecule has 1 amide bonds. The smallest absolute Gasteiger partial charge is 0.237 e. The number of primary amides is 1. The molecular formula is C14H29N3O2. The van der Waals surface area contributed by atoms with Crippen LogP contribution in [-0.4, -0.2) is 55.7 Å². The maximum atomic E-state index is 11.5. The second kappa shape index (κ2) is 7.82. The summed E-state index contributed by atoms with van der Waals surface area (Å²) < 4.78 is 5.62. The Kier molecular flexibility index (Phi) is 6.75. The van der Waals surface area contributed by atoms with Gasteiger partial charge in [-0.1, -0.05) is 6.92 Å². The SMILES string of the molecule is CCNC(C)(CCCN(C)CC1CCCO1)C(N)=O. The number of nitrogens with two attached hydrogens (primary N) is 1. The van der Waals surface area contributed by atoms with Crippen LogP contribution in [-0.2, 0) is 9.53 Å². The predicted molar refractivity (Wildman–Crippen MR) is 77.0 cm³/mol. The number of rotatable bonds is 9. The van der Waals surface area contributed by atoms with Crippen molar-refractivity contribution in [1.82, 2.24) is 10.2 Å². The summed E-state index contributed by atoms with van der Waals surface area (Å²) in [6.07, 6.45) is 4.46. The first-order valence-electron chi connectivity index (χ1n) is 7.33. The molecular weight excluding hydrogens is 242 g/mol. The van der Waals surface area contributed by atoms with Crippen LogP contribution >= 0.6 is 0 Å². The number of hydrogen-bond acceptors (Lipinski definition) is 4. The molecule has 5 heteroatoms. The molecule has 0 aromatic rings. The lowest BCUT2D eigenvalue weighted by molar-refractivity contribution is -0.124.